The molecule has 0 bridgehead atoms. The van der Waals surface area contributed by atoms with Gasteiger partial charge in [-0.15, -0.1) is 0 Å². The normalized spacial score (nSPS) is 15.1. The van der Waals surface area contributed by atoms with Crippen molar-refractivity contribution in [1.29, 1.82) is 0 Å². The van der Waals surface area contributed by atoms with Crippen LogP contribution in [-0.2, 0) is 27.9 Å². The minimum absolute atomic E-state index is 0.0101. The standard InChI is InChI=1S/C26H48O6Si2/c1-19(2)23(27)31-21(17-29-33(11,12)25(5,6)7)15-16-22(32-24(28)20(3)4)18-30-34(13,14)26(8,9)10/h15-16,21-22H,1,3,17-18H2,2,4-14H3/t21-,22-/m0/s1. The molecule has 0 saturated carbocycles. The average Bonchev–Trinajstić information content (AvgIpc) is 2.65. The number of rotatable bonds is 12. The molecule has 0 spiro atoms. The minimum atomic E-state index is -2.07. The Hall–Kier alpha value is -1.49. The van der Waals surface area contributed by atoms with Crippen LogP contribution in [0.15, 0.2) is 36.5 Å². The van der Waals surface area contributed by atoms with E-state index in [9.17, 15) is 9.59 Å². The third-order valence-corrected chi connectivity index (χ3v) is 15.6. The van der Waals surface area contributed by atoms with Crippen molar-refractivity contribution >= 4 is 28.6 Å². The average molecular weight is 513 g/mol. The number of hydrogen-bond donors (Lipinski definition) is 0. The van der Waals surface area contributed by atoms with E-state index in [0.29, 0.717) is 11.1 Å². The second-order valence-corrected chi connectivity index (χ2v) is 21.6. The third-order valence-electron chi connectivity index (χ3n) is 6.58. The van der Waals surface area contributed by atoms with Crippen molar-refractivity contribution in [3.05, 3.63) is 36.5 Å². The molecule has 0 amide bonds. The van der Waals surface area contributed by atoms with E-state index >= 15 is 0 Å². The number of carbonyl (C=O) groups is 2. The first-order valence-corrected chi connectivity index (χ1v) is 17.6. The van der Waals surface area contributed by atoms with Crippen molar-refractivity contribution in [2.45, 2.75) is 104 Å². The van der Waals surface area contributed by atoms with Crippen molar-refractivity contribution in [3.8, 4) is 0 Å². The van der Waals surface area contributed by atoms with Crippen molar-refractivity contribution in [1.82, 2.24) is 0 Å². The lowest BCUT2D eigenvalue weighted by Gasteiger charge is -2.37. The summed E-state index contributed by atoms with van der Waals surface area (Å²) < 4.78 is 23.8. The molecule has 0 heterocycles. The first-order chi connectivity index (χ1) is 15.1. The molecular weight excluding hydrogens is 464 g/mol. The van der Waals surface area contributed by atoms with Crippen molar-refractivity contribution in [2.75, 3.05) is 13.2 Å². The van der Waals surface area contributed by atoms with Crippen LogP contribution in [0.5, 0.6) is 0 Å². The quantitative estimate of drug-likeness (QED) is 0.128. The van der Waals surface area contributed by atoms with E-state index in [2.05, 4.69) is 80.9 Å². The second-order valence-electron chi connectivity index (χ2n) is 12.0. The maximum absolute atomic E-state index is 12.2. The summed E-state index contributed by atoms with van der Waals surface area (Å²) in [6.45, 7) is 32.4. The number of esters is 2. The zero-order valence-electron chi connectivity index (χ0n) is 23.6. The molecule has 0 aliphatic heterocycles. The topological polar surface area (TPSA) is 71.1 Å². The highest BCUT2D eigenvalue weighted by Crippen LogP contribution is 2.37. The Bertz CT molecular complexity index is 705. The molecule has 0 N–H and O–H groups in total. The van der Waals surface area contributed by atoms with E-state index in [4.69, 9.17) is 18.3 Å². The molecular formula is C26H48O6Si2. The van der Waals surface area contributed by atoms with Gasteiger partial charge in [-0.1, -0.05) is 54.7 Å². The third kappa shape index (κ3) is 10.8. The monoisotopic (exact) mass is 512 g/mol. The first-order valence-electron chi connectivity index (χ1n) is 11.8. The van der Waals surface area contributed by atoms with Crippen LogP contribution in [0.2, 0.25) is 36.3 Å². The van der Waals surface area contributed by atoms with Gasteiger partial charge in [0.1, 0.15) is 12.2 Å². The smallest absolute Gasteiger partial charge is 0.333 e. The Morgan fingerprint density at radius 3 is 1.18 bits per heavy atom. The van der Waals surface area contributed by atoms with E-state index < -0.39 is 40.8 Å². The Balaban J connectivity index is 5.77. The summed E-state index contributed by atoms with van der Waals surface area (Å²) in [5.41, 5.74) is 0.606. The van der Waals surface area contributed by atoms with Gasteiger partial charge in [-0.2, -0.15) is 0 Å². The van der Waals surface area contributed by atoms with E-state index in [-0.39, 0.29) is 23.3 Å². The summed E-state index contributed by atoms with van der Waals surface area (Å²) in [7, 11) is -4.14. The maximum atomic E-state index is 12.2. The fourth-order valence-electron chi connectivity index (χ4n) is 2.00. The molecule has 0 aromatic heterocycles. The summed E-state index contributed by atoms with van der Waals surface area (Å²) in [5, 5.41) is 0.0202. The fourth-order valence-corrected chi connectivity index (χ4v) is 4.02. The molecule has 2 atom stereocenters. The van der Waals surface area contributed by atoms with E-state index in [1.54, 1.807) is 26.0 Å². The highest BCUT2D eigenvalue weighted by molar-refractivity contribution is 6.74. The molecule has 8 heteroatoms. The van der Waals surface area contributed by atoms with Gasteiger partial charge in [0, 0.05) is 11.1 Å². The zero-order valence-corrected chi connectivity index (χ0v) is 25.6. The van der Waals surface area contributed by atoms with Gasteiger partial charge in [0.05, 0.1) is 13.2 Å². The minimum Gasteiger partial charge on any atom is -0.452 e. The number of ether oxygens (including phenoxy) is 2. The molecule has 34 heavy (non-hydrogen) atoms. The Morgan fingerprint density at radius 2 is 0.971 bits per heavy atom. The predicted octanol–water partition coefficient (Wildman–Crippen LogP) is 6.56. The van der Waals surface area contributed by atoms with Crippen LogP contribution >= 0.6 is 0 Å². The summed E-state index contributed by atoms with van der Waals surface area (Å²) in [6.07, 6.45) is 2.10. The van der Waals surface area contributed by atoms with Gasteiger partial charge in [0.25, 0.3) is 0 Å². The molecule has 0 unspecified atom stereocenters. The van der Waals surface area contributed by atoms with E-state index in [1.165, 1.54) is 0 Å². The molecule has 196 valence electrons. The van der Waals surface area contributed by atoms with Crippen LogP contribution in [0.3, 0.4) is 0 Å². The van der Waals surface area contributed by atoms with Crippen molar-refractivity contribution in [3.63, 3.8) is 0 Å². The summed E-state index contributed by atoms with van der Waals surface area (Å²) in [4.78, 5) is 24.5. The van der Waals surface area contributed by atoms with E-state index in [0.717, 1.165) is 0 Å². The molecule has 0 aromatic carbocycles. The molecule has 0 radical (unpaired) electrons. The summed E-state index contributed by atoms with van der Waals surface area (Å²) in [6, 6.07) is 0. The lowest BCUT2D eigenvalue weighted by molar-refractivity contribution is -0.145. The van der Waals surface area contributed by atoms with Gasteiger partial charge in [-0.05, 0) is 62.3 Å². The zero-order chi connectivity index (χ0) is 27.1. The van der Waals surface area contributed by atoms with Gasteiger partial charge in [0.2, 0.25) is 0 Å². The predicted molar refractivity (Wildman–Crippen MR) is 145 cm³/mol. The van der Waals surface area contributed by atoms with Crippen LogP contribution in [0.25, 0.3) is 0 Å². The molecule has 0 aliphatic carbocycles. The molecule has 0 rings (SSSR count). The van der Waals surface area contributed by atoms with Crippen LogP contribution in [0.1, 0.15) is 55.4 Å². The largest absolute Gasteiger partial charge is 0.452 e. The van der Waals surface area contributed by atoms with Crippen molar-refractivity contribution < 1.29 is 27.9 Å². The van der Waals surface area contributed by atoms with Gasteiger partial charge >= 0.3 is 11.9 Å². The van der Waals surface area contributed by atoms with Crippen LogP contribution < -0.4 is 0 Å². The molecule has 0 saturated heterocycles. The molecule has 0 fully saturated rings. The van der Waals surface area contributed by atoms with Crippen LogP contribution in [0.4, 0.5) is 0 Å². The number of hydrogen-bond acceptors (Lipinski definition) is 6. The van der Waals surface area contributed by atoms with Crippen molar-refractivity contribution in [2.24, 2.45) is 0 Å². The maximum Gasteiger partial charge on any atom is 0.333 e. The summed E-state index contributed by atoms with van der Waals surface area (Å²) >= 11 is 0. The molecule has 0 aromatic rings. The van der Waals surface area contributed by atoms with Gasteiger partial charge < -0.3 is 18.3 Å². The van der Waals surface area contributed by atoms with Gasteiger partial charge in [0.15, 0.2) is 16.6 Å². The van der Waals surface area contributed by atoms with E-state index in [1.807, 2.05) is 0 Å². The highest BCUT2D eigenvalue weighted by atomic mass is 28.4. The summed E-state index contributed by atoms with van der Waals surface area (Å²) in [5.74, 6) is -0.997. The lowest BCUT2D eigenvalue weighted by atomic mass is 10.2. The fraction of sp³-hybridized carbons (Fsp3) is 0.692. The van der Waals surface area contributed by atoms with Gasteiger partial charge in [-0.3, -0.25) is 0 Å². The second kappa shape index (κ2) is 12.5. The molecule has 6 nitrogen and oxygen atoms in total. The Kier molecular flexibility index (Phi) is 11.9. The van der Waals surface area contributed by atoms with Crippen LogP contribution in [0, 0.1) is 0 Å². The lowest BCUT2D eigenvalue weighted by Crippen LogP contribution is -2.43. The first kappa shape index (κ1) is 32.5. The molecule has 0 aliphatic rings. The van der Waals surface area contributed by atoms with Gasteiger partial charge in [-0.25, -0.2) is 9.59 Å². The Morgan fingerprint density at radius 1 is 0.706 bits per heavy atom. The number of carbonyl (C=O) groups excluding carboxylic acids is 2. The van der Waals surface area contributed by atoms with Crippen LogP contribution in [-0.4, -0.2) is 54.0 Å². The SMILES string of the molecule is C=C(C)C(=O)O[C@@H](C=C[C@@H](CO[Si](C)(C)C(C)(C)C)OC(=O)C(=C)C)CO[Si](C)(C)C(C)(C)C. The highest BCUT2D eigenvalue weighted by Gasteiger charge is 2.39. The Labute approximate surface area is 210 Å².